The molecular formula is C71H132O6. The summed E-state index contributed by atoms with van der Waals surface area (Å²) in [6, 6.07) is 0. The monoisotopic (exact) mass is 1080 g/mol. The molecule has 0 aliphatic carbocycles. The number of unbranched alkanes of at least 4 members (excludes halogenated alkanes) is 47. The van der Waals surface area contributed by atoms with Crippen LogP contribution in [0.4, 0.5) is 0 Å². The maximum absolute atomic E-state index is 12.9. The van der Waals surface area contributed by atoms with Gasteiger partial charge in [0.15, 0.2) is 6.10 Å². The molecule has 0 fully saturated rings. The van der Waals surface area contributed by atoms with Crippen LogP contribution in [0.25, 0.3) is 0 Å². The standard InChI is InChI=1S/C71H132O6/c1-4-7-10-13-16-19-22-25-27-28-29-30-31-32-33-34-35-36-37-38-39-40-41-42-43-45-46-49-52-55-58-61-64-70(73)76-67-68(66-75-69(72)63-60-57-54-51-48-24-21-18-15-12-9-6-3)77-71(74)65-62-59-56-53-50-47-44-26-23-20-17-14-11-8-5-2/h8,11,17,20,26,44,68H,4-7,9-10,12-16,18-19,21-25,27-43,45-67H2,1-3H3/b11-8-,20-17-,44-26-. The van der Waals surface area contributed by atoms with Crippen LogP contribution in [0.5, 0.6) is 0 Å². The van der Waals surface area contributed by atoms with Gasteiger partial charge in [0.05, 0.1) is 0 Å². The molecule has 0 aliphatic heterocycles. The van der Waals surface area contributed by atoms with Crippen molar-refractivity contribution < 1.29 is 28.6 Å². The van der Waals surface area contributed by atoms with E-state index in [0.717, 1.165) is 96.3 Å². The predicted octanol–water partition coefficient (Wildman–Crippen LogP) is 23.6. The van der Waals surface area contributed by atoms with E-state index < -0.39 is 6.10 Å². The Morgan fingerprint density at radius 3 is 0.792 bits per heavy atom. The third-order valence-corrected chi connectivity index (χ3v) is 15.7. The van der Waals surface area contributed by atoms with Crippen LogP contribution in [0.3, 0.4) is 0 Å². The lowest BCUT2D eigenvalue weighted by Gasteiger charge is -2.18. The molecule has 0 bridgehead atoms. The van der Waals surface area contributed by atoms with E-state index in [4.69, 9.17) is 14.2 Å². The number of carbonyl (C=O) groups is 3. The Labute approximate surface area is 480 Å². The highest BCUT2D eigenvalue weighted by Crippen LogP contribution is 2.19. The van der Waals surface area contributed by atoms with E-state index in [9.17, 15) is 14.4 Å². The molecule has 0 radical (unpaired) electrons. The van der Waals surface area contributed by atoms with Crippen LogP contribution in [0, 0.1) is 0 Å². The molecule has 0 N–H and O–H groups in total. The van der Waals surface area contributed by atoms with Gasteiger partial charge in [-0.15, -0.1) is 0 Å². The lowest BCUT2D eigenvalue weighted by Crippen LogP contribution is -2.30. The largest absolute Gasteiger partial charge is 0.462 e. The van der Waals surface area contributed by atoms with Gasteiger partial charge in [0.2, 0.25) is 0 Å². The highest BCUT2D eigenvalue weighted by molar-refractivity contribution is 5.71. The maximum atomic E-state index is 12.9. The Morgan fingerprint density at radius 1 is 0.273 bits per heavy atom. The molecule has 0 aromatic rings. The smallest absolute Gasteiger partial charge is 0.306 e. The van der Waals surface area contributed by atoms with Crippen LogP contribution in [-0.4, -0.2) is 37.2 Å². The maximum Gasteiger partial charge on any atom is 0.306 e. The zero-order valence-electron chi connectivity index (χ0n) is 52.0. The van der Waals surface area contributed by atoms with E-state index in [1.54, 1.807) is 0 Å². The van der Waals surface area contributed by atoms with Gasteiger partial charge in [0, 0.05) is 19.3 Å². The summed E-state index contributed by atoms with van der Waals surface area (Å²) in [6.07, 6.45) is 82.0. The molecule has 1 atom stereocenters. The molecule has 0 rings (SSSR count). The number of ether oxygens (including phenoxy) is 3. The second kappa shape index (κ2) is 66.1. The summed E-state index contributed by atoms with van der Waals surface area (Å²) in [5, 5.41) is 0. The molecule has 0 aromatic heterocycles. The minimum atomic E-state index is -0.778. The molecule has 6 heteroatoms. The fourth-order valence-corrected chi connectivity index (χ4v) is 10.5. The summed E-state index contributed by atoms with van der Waals surface area (Å²) in [7, 11) is 0. The van der Waals surface area contributed by atoms with E-state index in [-0.39, 0.29) is 31.1 Å². The van der Waals surface area contributed by atoms with Crippen molar-refractivity contribution in [1.29, 1.82) is 0 Å². The first-order valence-electron chi connectivity index (χ1n) is 34.5. The second-order valence-corrected chi connectivity index (χ2v) is 23.4. The number of carbonyl (C=O) groups excluding carboxylic acids is 3. The molecule has 0 saturated carbocycles. The fourth-order valence-electron chi connectivity index (χ4n) is 10.5. The molecule has 0 saturated heterocycles. The molecule has 1 unspecified atom stereocenters. The number of rotatable bonds is 64. The van der Waals surface area contributed by atoms with Gasteiger partial charge in [0.1, 0.15) is 13.2 Å². The van der Waals surface area contributed by atoms with Gasteiger partial charge in [-0.3, -0.25) is 14.4 Å². The second-order valence-electron chi connectivity index (χ2n) is 23.4. The van der Waals surface area contributed by atoms with Gasteiger partial charge in [-0.25, -0.2) is 0 Å². The molecule has 0 heterocycles. The number of hydrogen-bond acceptors (Lipinski definition) is 6. The van der Waals surface area contributed by atoms with E-state index in [0.29, 0.717) is 19.3 Å². The van der Waals surface area contributed by atoms with E-state index >= 15 is 0 Å². The number of hydrogen-bond donors (Lipinski definition) is 0. The topological polar surface area (TPSA) is 78.9 Å². The minimum absolute atomic E-state index is 0.0741. The Hall–Kier alpha value is -2.37. The molecule has 6 nitrogen and oxygen atoms in total. The quantitative estimate of drug-likeness (QED) is 0.0261. The molecule has 452 valence electrons. The normalized spacial score (nSPS) is 12.2. The zero-order chi connectivity index (χ0) is 55.7. The average molecular weight is 1080 g/mol. The van der Waals surface area contributed by atoms with Gasteiger partial charge in [-0.1, -0.05) is 346 Å². The first-order chi connectivity index (χ1) is 38.0. The van der Waals surface area contributed by atoms with Crippen LogP contribution in [0.15, 0.2) is 36.5 Å². The van der Waals surface area contributed by atoms with Crippen molar-refractivity contribution in [3.8, 4) is 0 Å². The van der Waals surface area contributed by atoms with Crippen LogP contribution < -0.4 is 0 Å². The van der Waals surface area contributed by atoms with Crippen molar-refractivity contribution in [2.24, 2.45) is 0 Å². The van der Waals surface area contributed by atoms with Gasteiger partial charge in [-0.2, -0.15) is 0 Å². The Balaban J connectivity index is 4.07. The van der Waals surface area contributed by atoms with Crippen molar-refractivity contribution in [1.82, 2.24) is 0 Å². The zero-order valence-corrected chi connectivity index (χ0v) is 52.0. The molecular weight excluding hydrogens is 949 g/mol. The first-order valence-corrected chi connectivity index (χ1v) is 34.5. The SMILES string of the molecule is CC/C=C\C/C=C\C/C=C\CCCCCCCC(=O)OC(COC(=O)CCCCCCCCCCCCCC)COC(=O)CCCCCCCCCCCCCCCCCCCCCCCCCCCCCCCCCC. The molecule has 0 amide bonds. The van der Waals surface area contributed by atoms with Crippen LogP contribution in [-0.2, 0) is 28.6 Å². The number of allylic oxidation sites excluding steroid dienone is 6. The highest BCUT2D eigenvalue weighted by atomic mass is 16.6. The lowest BCUT2D eigenvalue weighted by molar-refractivity contribution is -0.167. The van der Waals surface area contributed by atoms with Gasteiger partial charge in [0.25, 0.3) is 0 Å². The van der Waals surface area contributed by atoms with E-state index in [1.165, 1.54) is 244 Å². The summed E-state index contributed by atoms with van der Waals surface area (Å²) in [4.78, 5) is 38.3. The summed E-state index contributed by atoms with van der Waals surface area (Å²) >= 11 is 0. The summed E-state index contributed by atoms with van der Waals surface area (Å²) in [5.41, 5.74) is 0. The lowest BCUT2D eigenvalue weighted by atomic mass is 10.0. The molecule has 77 heavy (non-hydrogen) atoms. The average Bonchev–Trinajstić information content (AvgIpc) is 3.43. The third kappa shape index (κ3) is 64.3. The van der Waals surface area contributed by atoms with Crippen molar-refractivity contribution >= 4 is 17.9 Å². The first kappa shape index (κ1) is 74.6. The third-order valence-electron chi connectivity index (χ3n) is 15.7. The molecule has 0 aliphatic rings. The summed E-state index contributed by atoms with van der Waals surface area (Å²) in [6.45, 7) is 6.57. The highest BCUT2D eigenvalue weighted by Gasteiger charge is 2.19. The Bertz CT molecular complexity index is 1290. The summed E-state index contributed by atoms with van der Waals surface area (Å²) in [5.74, 6) is -0.867. The fraction of sp³-hybridized carbons (Fsp3) is 0.873. The van der Waals surface area contributed by atoms with Gasteiger partial charge in [-0.05, 0) is 51.4 Å². The Morgan fingerprint density at radius 2 is 0.506 bits per heavy atom. The van der Waals surface area contributed by atoms with Crippen molar-refractivity contribution in [3.05, 3.63) is 36.5 Å². The van der Waals surface area contributed by atoms with Crippen LogP contribution >= 0.6 is 0 Å². The molecule has 0 spiro atoms. The van der Waals surface area contributed by atoms with Crippen LogP contribution in [0.2, 0.25) is 0 Å². The van der Waals surface area contributed by atoms with Crippen molar-refractivity contribution in [2.75, 3.05) is 13.2 Å². The van der Waals surface area contributed by atoms with Gasteiger partial charge >= 0.3 is 17.9 Å². The van der Waals surface area contributed by atoms with Gasteiger partial charge < -0.3 is 14.2 Å². The van der Waals surface area contributed by atoms with Crippen molar-refractivity contribution in [3.63, 3.8) is 0 Å². The van der Waals surface area contributed by atoms with Crippen LogP contribution in [0.1, 0.15) is 380 Å². The summed E-state index contributed by atoms with van der Waals surface area (Å²) < 4.78 is 16.9. The number of esters is 3. The minimum Gasteiger partial charge on any atom is -0.462 e. The van der Waals surface area contributed by atoms with E-state index in [1.807, 2.05) is 0 Å². The predicted molar refractivity (Wildman–Crippen MR) is 335 cm³/mol. The Kier molecular flexibility index (Phi) is 64.1. The molecule has 0 aromatic carbocycles. The van der Waals surface area contributed by atoms with E-state index in [2.05, 4.69) is 57.2 Å². The van der Waals surface area contributed by atoms with Crippen molar-refractivity contribution in [2.45, 2.75) is 386 Å².